The van der Waals surface area contributed by atoms with Crippen LogP contribution >= 0.6 is 27.3 Å². The van der Waals surface area contributed by atoms with Crippen molar-refractivity contribution in [3.63, 3.8) is 0 Å². The molecule has 1 atom stereocenters. The fourth-order valence-electron chi connectivity index (χ4n) is 2.66. The van der Waals surface area contributed by atoms with Gasteiger partial charge in [-0.2, -0.15) is 0 Å². The quantitative estimate of drug-likeness (QED) is 0.519. The molecular formula is C18H15BrOS. The van der Waals surface area contributed by atoms with E-state index in [4.69, 9.17) is 0 Å². The van der Waals surface area contributed by atoms with Crippen LogP contribution in [0.5, 0.6) is 0 Å². The van der Waals surface area contributed by atoms with Gasteiger partial charge >= 0.3 is 0 Å². The third-order valence-corrected chi connectivity index (χ3v) is 5.70. The van der Waals surface area contributed by atoms with Crippen molar-refractivity contribution in [3.05, 3.63) is 69.5 Å². The Hall–Kier alpha value is -1.45. The molecular weight excluding hydrogens is 344 g/mol. The number of fused-ring (bicyclic) bond motifs is 1. The van der Waals surface area contributed by atoms with Crippen LogP contribution in [-0.2, 0) is 0 Å². The number of hydrogen-bond acceptors (Lipinski definition) is 2. The normalized spacial score (nSPS) is 12.5. The number of hydrogen-bond donors (Lipinski definition) is 0. The van der Waals surface area contributed by atoms with Crippen molar-refractivity contribution in [1.82, 2.24) is 0 Å². The predicted molar refractivity (Wildman–Crippen MR) is 93.3 cm³/mol. The summed E-state index contributed by atoms with van der Waals surface area (Å²) in [4.78, 5) is 13.0. The lowest BCUT2D eigenvalue weighted by atomic mass is 9.88. The number of carbonyl (C=O) groups excluding carboxylic acids is 1. The first-order valence-corrected chi connectivity index (χ1v) is 8.64. The first-order chi connectivity index (χ1) is 10.2. The number of carbonyl (C=O) groups is 1. The molecule has 3 heteroatoms. The smallest absolute Gasteiger partial charge is 0.171 e. The third kappa shape index (κ3) is 2.68. The van der Waals surface area contributed by atoms with Crippen molar-refractivity contribution in [2.24, 2.45) is 0 Å². The van der Waals surface area contributed by atoms with Crippen LogP contribution < -0.4 is 0 Å². The highest BCUT2D eigenvalue weighted by Gasteiger charge is 2.23. The number of benzene rings is 2. The third-order valence-electron chi connectivity index (χ3n) is 3.74. The minimum Gasteiger partial charge on any atom is -0.293 e. The second kappa shape index (κ2) is 6.12. The van der Waals surface area contributed by atoms with Gasteiger partial charge in [-0.1, -0.05) is 49.4 Å². The Morgan fingerprint density at radius 2 is 1.90 bits per heavy atom. The summed E-state index contributed by atoms with van der Waals surface area (Å²) in [6, 6.07) is 16.1. The van der Waals surface area contributed by atoms with Crippen LogP contribution in [0.3, 0.4) is 0 Å². The van der Waals surface area contributed by atoms with Gasteiger partial charge in [-0.05, 0) is 34.0 Å². The maximum Gasteiger partial charge on any atom is 0.171 e. The molecule has 1 nitrogen and oxygen atoms in total. The fourth-order valence-corrected chi connectivity index (χ4v) is 4.27. The van der Waals surface area contributed by atoms with E-state index in [1.807, 2.05) is 53.9 Å². The van der Waals surface area contributed by atoms with Crippen LogP contribution in [0, 0.1) is 0 Å². The Balaban J connectivity index is 2.05. The zero-order valence-electron chi connectivity index (χ0n) is 11.7. The highest BCUT2D eigenvalue weighted by Crippen LogP contribution is 2.35. The number of rotatable bonds is 4. The minimum absolute atomic E-state index is 0.0667. The predicted octanol–water partition coefficient (Wildman–Crippen LogP) is 6.04. The Kier molecular flexibility index (Phi) is 4.22. The lowest BCUT2D eigenvalue weighted by Gasteiger charge is -2.13. The Labute approximate surface area is 136 Å². The highest BCUT2D eigenvalue weighted by atomic mass is 79.9. The van der Waals surface area contributed by atoms with E-state index in [-0.39, 0.29) is 11.7 Å². The molecule has 0 bridgehead atoms. The zero-order valence-corrected chi connectivity index (χ0v) is 14.1. The van der Waals surface area contributed by atoms with Gasteiger partial charge in [0.05, 0.1) is 0 Å². The number of ketones is 1. The molecule has 3 aromatic rings. The highest BCUT2D eigenvalue weighted by molar-refractivity contribution is 9.10. The average molecular weight is 359 g/mol. The summed E-state index contributed by atoms with van der Waals surface area (Å²) in [6.45, 7) is 2.07. The van der Waals surface area contributed by atoms with Crippen molar-refractivity contribution in [3.8, 4) is 0 Å². The van der Waals surface area contributed by atoms with Gasteiger partial charge in [0.25, 0.3) is 0 Å². The van der Waals surface area contributed by atoms with Crippen molar-refractivity contribution in [1.29, 1.82) is 0 Å². The van der Waals surface area contributed by atoms with Gasteiger partial charge < -0.3 is 0 Å². The van der Waals surface area contributed by atoms with Crippen LogP contribution in [0.1, 0.15) is 35.2 Å². The summed E-state index contributed by atoms with van der Waals surface area (Å²) in [5, 5.41) is 3.04. The Morgan fingerprint density at radius 1 is 1.14 bits per heavy atom. The van der Waals surface area contributed by atoms with E-state index in [2.05, 4.69) is 22.9 Å². The van der Waals surface area contributed by atoms with E-state index in [1.54, 1.807) is 11.3 Å². The molecule has 0 spiro atoms. The maximum atomic E-state index is 13.0. The maximum absolute atomic E-state index is 13.0. The molecule has 3 rings (SSSR count). The first kappa shape index (κ1) is 14.5. The van der Waals surface area contributed by atoms with E-state index >= 15 is 0 Å². The molecule has 106 valence electrons. The molecule has 0 fully saturated rings. The van der Waals surface area contributed by atoms with Crippen LogP contribution in [0.2, 0.25) is 0 Å². The minimum atomic E-state index is -0.0667. The van der Waals surface area contributed by atoms with Gasteiger partial charge in [0.1, 0.15) is 0 Å². The SMILES string of the molecule is CCC(C(=O)c1csc2c(Br)cccc12)c1ccccc1. The number of Topliss-reactive ketones (excluding diaryl/α,β-unsaturated/α-hetero) is 1. The van der Waals surface area contributed by atoms with Crippen molar-refractivity contribution in [2.75, 3.05) is 0 Å². The van der Waals surface area contributed by atoms with Gasteiger partial charge in [-0.25, -0.2) is 0 Å². The van der Waals surface area contributed by atoms with Crippen molar-refractivity contribution in [2.45, 2.75) is 19.3 Å². The topological polar surface area (TPSA) is 17.1 Å². The number of thiophene rings is 1. The molecule has 0 aliphatic rings. The van der Waals surface area contributed by atoms with Crippen LogP contribution in [0.15, 0.2) is 58.4 Å². The van der Waals surface area contributed by atoms with Gasteiger partial charge in [0.15, 0.2) is 5.78 Å². The summed E-state index contributed by atoms with van der Waals surface area (Å²) < 4.78 is 2.19. The molecule has 1 unspecified atom stereocenters. The summed E-state index contributed by atoms with van der Waals surface area (Å²) in [5.74, 6) is 0.149. The van der Waals surface area contributed by atoms with Crippen LogP contribution in [0.4, 0.5) is 0 Å². The standard InChI is InChI=1S/C18H15BrOS/c1-2-13(12-7-4-3-5-8-12)17(20)15-11-21-18-14(15)9-6-10-16(18)19/h3-11,13H,2H2,1H3. The largest absolute Gasteiger partial charge is 0.293 e. The second-order valence-corrected chi connectivity index (χ2v) is 6.74. The fraction of sp³-hybridized carbons (Fsp3) is 0.167. The molecule has 0 N–H and O–H groups in total. The van der Waals surface area contributed by atoms with Gasteiger partial charge in [-0.15, -0.1) is 11.3 Å². The molecule has 1 heterocycles. The lowest BCUT2D eigenvalue weighted by Crippen LogP contribution is -2.11. The van der Waals surface area contributed by atoms with Crippen molar-refractivity contribution >= 4 is 43.1 Å². The molecule has 0 aliphatic carbocycles. The Morgan fingerprint density at radius 3 is 2.62 bits per heavy atom. The Bertz CT molecular complexity index is 776. The summed E-state index contributed by atoms with van der Waals surface area (Å²) in [5.41, 5.74) is 1.94. The van der Waals surface area contributed by atoms with E-state index in [0.717, 1.165) is 32.1 Å². The van der Waals surface area contributed by atoms with E-state index in [0.29, 0.717) is 0 Å². The molecule has 2 aromatic carbocycles. The molecule has 0 amide bonds. The monoisotopic (exact) mass is 358 g/mol. The molecule has 0 saturated carbocycles. The lowest BCUT2D eigenvalue weighted by molar-refractivity contribution is 0.0959. The van der Waals surface area contributed by atoms with E-state index < -0.39 is 0 Å². The van der Waals surface area contributed by atoms with Crippen molar-refractivity contribution < 1.29 is 4.79 Å². The van der Waals surface area contributed by atoms with Gasteiger partial charge in [-0.3, -0.25) is 4.79 Å². The zero-order chi connectivity index (χ0) is 14.8. The summed E-state index contributed by atoms with van der Waals surface area (Å²) in [7, 11) is 0. The van der Waals surface area contributed by atoms with E-state index in [1.165, 1.54) is 0 Å². The van der Waals surface area contributed by atoms with Gasteiger partial charge in [0.2, 0.25) is 0 Å². The molecule has 0 aliphatic heterocycles. The molecule has 0 saturated heterocycles. The molecule has 0 radical (unpaired) electrons. The number of halogens is 1. The average Bonchev–Trinajstić information content (AvgIpc) is 2.94. The molecule has 21 heavy (non-hydrogen) atoms. The van der Waals surface area contributed by atoms with Crippen LogP contribution in [0.25, 0.3) is 10.1 Å². The van der Waals surface area contributed by atoms with Gasteiger partial charge in [0, 0.05) is 31.4 Å². The second-order valence-electron chi connectivity index (χ2n) is 5.00. The summed E-state index contributed by atoms with van der Waals surface area (Å²) in [6.07, 6.45) is 0.814. The van der Waals surface area contributed by atoms with Crippen LogP contribution in [-0.4, -0.2) is 5.78 Å². The first-order valence-electron chi connectivity index (χ1n) is 6.97. The molecule has 1 aromatic heterocycles. The van der Waals surface area contributed by atoms with E-state index in [9.17, 15) is 4.79 Å². The summed E-state index contributed by atoms with van der Waals surface area (Å²) >= 11 is 5.18.